The van der Waals surface area contributed by atoms with Gasteiger partial charge in [-0.25, -0.2) is 0 Å². The molecule has 2 aromatic carbocycles. The number of amides is 1. The number of benzene rings is 2. The third-order valence-electron chi connectivity index (χ3n) is 3.48. The maximum atomic E-state index is 11.7. The van der Waals surface area contributed by atoms with Gasteiger partial charge in [0.15, 0.2) is 6.61 Å². The van der Waals surface area contributed by atoms with Crippen molar-refractivity contribution in [3.05, 3.63) is 59.7 Å². The van der Waals surface area contributed by atoms with E-state index in [-0.39, 0.29) is 12.5 Å². The molecule has 0 saturated carbocycles. The van der Waals surface area contributed by atoms with E-state index >= 15 is 0 Å². The molecular weight excluding hydrogens is 332 g/mol. The lowest BCUT2D eigenvalue weighted by atomic mass is 10.1. The van der Waals surface area contributed by atoms with Crippen LogP contribution in [-0.4, -0.2) is 38.5 Å². The van der Waals surface area contributed by atoms with Crippen molar-refractivity contribution < 1.29 is 19.1 Å². The van der Waals surface area contributed by atoms with Gasteiger partial charge in [-0.05, 0) is 49.2 Å². The second-order valence-electron chi connectivity index (χ2n) is 5.47. The van der Waals surface area contributed by atoms with Crippen molar-refractivity contribution in [2.75, 3.05) is 26.4 Å². The molecule has 0 aliphatic carbocycles. The second-order valence-corrected chi connectivity index (χ2v) is 5.47. The quantitative estimate of drug-likeness (QED) is 0.404. The van der Waals surface area contributed by atoms with Gasteiger partial charge in [-0.3, -0.25) is 4.79 Å². The molecule has 0 aliphatic heterocycles. The minimum absolute atomic E-state index is 0.133. The summed E-state index contributed by atoms with van der Waals surface area (Å²) in [7, 11) is 0. The predicted octanol–water partition coefficient (Wildman–Crippen LogP) is 2.94. The minimum Gasteiger partial charge on any atom is -0.494 e. The molecule has 2 aromatic rings. The number of rotatable bonds is 10. The molecule has 0 aromatic heterocycles. The Kier molecular flexibility index (Phi) is 7.99. The molecule has 0 unspecified atom stereocenters. The van der Waals surface area contributed by atoms with Crippen molar-refractivity contribution in [2.45, 2.75) is 13.8 Å². The molecule has 0 fully saturated rings. The Morgan fingerprint density at radius 3 is 2.46 bits per heavy atom. The van der Waals surface area contributed by atoms with Gasteiger partial charge in [0, 0.05) is 0 Å². The van der Waals surface area contributed by atoms with Crippen LogP contribution in [0.5, 0.6) is 11.5 Å². The van der Waals surface area contributed by atoms with E-state index in [0.29, 0.717) is 19.8 Å². The molecule has 0 atom stereocenters. The van der Waals surface area contributed by atoms with E-state index in [2.05, 4.69) is 10.5 Å². The van der Waals surface area contributed by atoms with Gasteiger partial charge in [0.2, 0.25) is 0 Å². The standard InChI is InChI=1S/C20H24N2O4/c1-3-24-18-8-10-19(11-9-18)25-13-12-21-20(23)15-26-22-14-17-7-5-4-6-16(17)2/h4-11,14H,3,12-13,15H2,1-2H3,(H,21,23)/b22-14+. The van der Waals surface area contributed by atoms with Crippen LogP contribution in [0.2, 0.25) is 0 Å². The number of hydrogen-bond acceptors (Lipinski definition) is 5. The predicted molar refractivity (Wildman–Crippen MR) is 101 cm³/mol. The molecule has 0 saturated heterocycles. The van der Waals surface area contributed by atoms with Gasteiger partial charge in [0.25, 0.3) is 5.91 Å². The van der Waals surface area contributed by atoms with Crippen LogP contribution in [0.4, 0.5) is 0 Å². The number of aryl methyl sites for hydroxylation is 1. The summed E-state index contributed by atoms with van der Waals surface area (Å²) in [6.07, 6.45) is 1.59. The lowest BCUT2D eigenvalue weighted by Crippen LogP contribution is -2.30. The molecule has 138 valence electrons. The Morgan fingerprint density at radius 1 is 1.08 bits per heavy atom. The normalized spacial score (nSPS) is 10.5. The first-order valence-electron chi connectivity index (χ1n) is 8.52. The van der Waals surface area contributed by atoms with Crippen LogP contribution in [0.1, 0.15) is 18.1 Å². The summed E-state index contributed by atoms with van der Waals surface area (Å²) in [6.45, 7) is 5.17. The van der Waals surface area contributed by atoms with E-state index in [0.717, 1.165) is 22.6 Å². The Balaban J connectivity index is 1.59. The molecular formula is C20H24N2O4. The lowest BCUT2D eigenvalue weighted by molar-refractivity contribution is -0.125. The number of hydrogen-bond donors (Lipinski definition) is 1. The summed E-state index contributed by atoms with van der Waals surface area (Å²) >= 11 is 0. The lowest BCUT2D eigenvalue weighted by Gasteiger charge is -2.08. The van der Waals surface area contributed by atoms with Crippen LogP contribution in [0.15, 0.2) is 53.7 Å². The first kappa shape index (κ1) is 19.3. The summed E-state index contributed by atoms with van der Waals surface area (Å²) in [5.74, 6) is 1.28. The average molecular weight is 356 g/mol. The topological polar surface area (TPSA) is 69.2 Å². The van der Waals surface area contributed by atoms with Crippen LogP contribution < -0.4 is 14.8 Å². The average Bonchev–Trinajstić information content (AvgIpc) is 2.65. The third kappa shape index (κ3) is 6.84. The number of nitrogens with one attached hydrogen (secondary N) is 1. The number of ether oxygens (including phenoxy) is 2. The summed E-state index contributed by atoms with van der Waals surface area (Å²) < 4.78 is 10.9. The Morgan fingerprint density at radius 2 is 1.77 bits per heavy atom. The molecule has 6 heteroatoms. The minimum atomic E-state index is -0.248. The highest BCUT2D eigenvalue weighted by molar-refractivity contribution is 5.81. The highest BCUT2D eigenvalue weighted by atomic mass is 16.6. The second kappa shape index (κ2) is 10.8. The first-order valence-corrected chi connectivity index (χ1v) is 8.52. The summed E-state index contributed by atoms with van der Waals surface area (Å²) in [4.78, 5) is 16.7. The zero-order valence-corrected chi connectivity index (χ0v) is 15.1. The molecule has 1 N–H and O–H groups in total. The third-order valence-corrected chi connectivity index (χ3v) is 3.48. The molecule has 6 nitrogen and oxygen atoms in total. The Bertz CT molecular complexity index is 714. The van der Waals surface area contributed by atoms with Gasteiger partial charge >= 0.3 is 0 Å². The molecule has 0 bridgehead atoms. The van der Waals surface area contributed by atoms with Gasteiger partial charge in [-0.2, -0.15) is 0 Å². The highest BCUT2D eigenvalue weighted by Gasteiger charge is 2.01. The molecule has 0 heterocycles. The van der Waals surface area contributed by atoms with Crippen molar-refractivity contribution in [3.8, 4) is 11.5 Å². The van der Waals surface area contributed by atoms with Crippen molar-refractivity contribution >= 4 is 12.1 Å². The molecule has 0 spiro atoms. The monoisotopic (exact) mass is 356 g/mol. The van der Waals surface area contributed by atoms with Gasteiger partial charge < -0.3 is 19.6 Å². The largest absolute Gasteiger partial charge is 0.494 e. The molecule has 1 amide bonds. The number of oxime groups is 1. The molecule has 2 rings (SSSR count). The molecule has 0 radical (unpaired) electrons. The van der Waals surface area contributed by atoms with Crippen LogP contribution in [0.3, 0.4) is 0 Å². The Labute approximate surface area is 153 Å². The van der Waals surface area contributed by atoms with Crippen LogP contribution in [0, 0.1) is 6.92 Å². The van der Waals surface area contributed by atoms with Gasteiger partial charge in [0.05, 0.1) is 19.4 Å². The van der Waals surface area contributed by atoms with Crippen molar-refractivity contribution in [1.29, 1.82) is 0 Å². The zero-order valence-electron chi connectivity index (χ0n) is 15.1. The van der Waals surface area contributed by atoms with Crippen LogP contribution >= 0.6 is 0 Å². The van der Waals surface area contributed by atoms with Crippen molar-refractivity contribution in [1.82, 2.24) is 5.32 Å². The first-order chi connectivity index (χ1) is 12.7. The van der Waals surface area contributed by atoms with Gasteiger partial charge in [-0.15, -0.1) is 0 Å². The maximum Gasteiger partial charge on any atom is 0.260 e. The fourth-order valence-electron chi connectivity index (χ4n) is 2.13. The van der Waals surface area contributed by atoms with E-state index in [4.69, 9.17) is 14.3 Å². The number of carbonyl (C=O) groups excluding carboxylic acids is 1. The summed E-state index contributed by atoms with van der Waals surface area (Å²) in [6, 6.07) is 15.1. The number of nitrogens with zero attached hydrogens (tertiary/aromatic N) is 1. The smallest absolute Gasteiger partial charge is 0.260 e. The van der Waals surface area contributed by atoms with E-state index in [1.807, 2.05) is 62.4 Å². The van der Waals surface area contributed by atoms with Gasteiger partial charge in [0.1, 0.15) is 18.1 Å². The highest BCUT2D eigenvalue weighted by Crippen LogP contribution is 2.17. The van der Waals surface area contributed by atoms with Crippen molar-refractivity contribution in [2.24, 2.45) is 5.16 Å². The zero-order chi connectivity index (χ0) is 18.6. The Hall–Kier alpha value is -3.02. The van der Waals surface area contributed by atoms with Crippen LogP contribution in [0.25, 0.3) is 0 Å². The van der Waals surface area contributed by atoms with E-state index < -0.39 is 0 Å². The van der Waals surface area contributed by atoms with Crippen molar-refractivity contribution in [3.63, 3.8) is 0 Å². The fraction of sp³-hybridized carbons (Fsp3) is 0.300. The van der Waals surface area contributed by atoms with E-state index in [1.54, 1.807) is 6.21 Å². The fourth-order valence-corrected chi connectivity index (χ4v) is 2.13. The molecule has 0 aliphatic rings. The van der Waals surface area contributed by atoms with Crippen LogP contribution in [-0.2, 0) is 9.63 Å². The summed E-state index contributed by atoms with van der Waals surface area (Å²) in [5, 5.41) is 6.52. The summed E-state index contributed by atoms with van der Waals surface area (Å²) in [5.41, 5.74) is 2.05. The van der Waals surface area contributed by atoms with Gasteiger partial charge in [-0.1, -0.05) is 29.4 Å². The number of carbonyl (C=O) groups is 1. The van der Waals surface area contributed by atoms with E-state index in [9.17, 15) is 4.79 Å². The SMILES string of the molecule is CCOc1ccc(OCCNC(=O)CO/N=C/c2ccccc2C)cc1. The van der Waals surface area contributed by atoms with E-state index in [1.165, 1.54) is 0 Å². The molecule has 26 heavy (non-hydrogen) atoms. The maximum absolute atomic E-state index is 11.7.